The minimum Gasteiger partial charge on any atom is -0.383 e. The van der Waals surface area contributed by atoms with Gasteiger partial charge < -0.3 is 15.4 Å². The number of carbonyl (C=O) groups is 1. The van der Waals surface area contributed by atoms with E-state index in [-0.39, 0.29) is 48.1 Å². The molecule has 2 aliphatic carbocycles. The first-order chi connectivity index (χ1) is 14.6. The van der Waals surface area contributed by atoms with Gasteiger partial charge >= 0.3 is 6.18 Å². The molecule has 1 saturated heterocycles. The van der Waals surface area contributed by atoms with Crippen molar-refractivity contribution in [3.63, 3.8) is 0 Å². The molecule has 1 aliphatic heterocycles. The van der Waals surface area contributed by atoms with Crippen LogP contribution in [0, 0.1) is 11.8 Å². The van der Waals surface area contributed by atoms with Crippen molar-refractivity contribution in [3.05, 3.63) is 29.6 Å². The molecule has 4 unspecified atom stereocenters. The fourth-order valence-corrected chi connectivity index (χ4v) is 5.35. The molecule has 3 aliphatic rings. The predicted octanol–water partition coefficient (Wildman–Crippen LogP) is 3.09. The van der Waals surface area contributed by atoms with E-state index in [1.165, 1.54) is 6.20 Å². The molecular formula is C21H24F3N5O2. The van der Waals surface area contributed by atoms with E-state index in [1.807, 2.05) is 31.6 Å². The molecule has 5 atom stereocenters. The number of hydrogen-bond acceptors (Lipinski definition) is 5. The summed E-state index contributed by atoms with van der Waals surface area (Å²) < 4.78 is 47.6. The highest BCUT2D eigenvalue weighted by Crippen LogP contribution is 2.65. The van der Waals surface area contributed by atoms with Crippen molar-refractivity contribution < 1.29 is 22.7 Å². The van der Waals surface area contributed by atoms with E-state index < -0.39 is 17.6 Å². The molecule has 0 spiro atoms. The van der Waals surface area contributed by atoms with Gasteiger partial charge in [0.15, 0.2) is 0 Å². The number of likely N-dealkylation sites (N-methyl/N-ethyl adjacent to an activating group) is 1. The second-order valence-electron chi connectivity index (χ2n) is 9.00. The van der Waals surface area contributed by atoms with Crippen molar-refractivity contribution in [1.29, 1.82) is 0 Å². The van der Waals surface area contributed by atoms with E-state index in [4.69, 9.17) is 10.5 Å². The number of hydrogen-bond donors (Lipinski definition) is 1. The van der Waals surface area contributed by atoms with Crippen LogP contribution in [0.3, 0.4) is 0 Å². The average Bonchev–Trinajstić information content (AvgIpc) is 3.06. The van der Waals surface area contributed by atoms with Crippen LogP contribution in [-0.4, -0.2) is 51.4 Å². The third-order valence-electron chi connectivity index (χ3n) is 6.91. The normalized spacial score (nSPS) is 30.0. The molecule has 2 aromatic heterocycles. The third kappa shape index (κ3) is 3.10. The monoisotopic (exact) mass is 435 g/mol. The molecule has 2 saturated carbocycles. The van der Waals surface area contributed by atoms with Crippen LogP contribution in [0.1, 0.15) is 43.5 Å². The van der Waals surface area contributed by atoms with Gasteiger partial charge in [-0.05, 0) is 44.2 Å². The summed E-state index contributed by atoms with van der Waals surface area (Å²) in [6, 6.07) is 3.01. The summed E-state index contributed by atoms with van der Waals surface area (Å²) in [5.41, 5.74) is 6.20. The molecule has 7 nitrogen and oxygen atoms in total. The SMILES string of the molecule is CC(C)n1nc(-c2cnc(N)c(C(F)(F)F)c2)cc1[C@@H]1C2CC3C(OCC(=O)N3C)C21. The number of pyridine rings is 1. The van der Waals surface area contributed by atoms with Gasteiger partial charge in [0.05, 0.1) is 23.4 Å². The molecule has 2 aromatic rings. The standard InChI is InChI=1S/C21H24F3N5O2/c1-9(2)29-14(17-11-5-15-19(18(11)17)31-8-16(30)28(15)3)6-13(27-29)10-4-12(21(22,23)24)20(25)26-7-10/h4,6-7,9,11,15,17-19H,5,8H2,1-3H3,(H2,25,26)/t11?,15?,17-,18?,19?/m0/s1. The van der Waals surface area contributed by atoms with E-state index in [9.17, 15) is 18.0 Å². The minimum absolute atomic E-state index is 0.00456. The highest BCUT2D eigenvalue weighted by molar-refractivity contribution is 5.78. The fourth-order valence-electron chi connectivity index (χ4n) is 5.35. The maximum absolute atomic E-state index is 13.3. The molecule has 166 valence electrons. The molecule has 0 bridgehead atoms. The van der Waals surface area contributed by atoms with Crippen molar-refractivity contribution in [2.45, 2.75) is 50.6 Å². The maximum atomic E-state index is 13.3. The predicted molar refractivity (Wildman–Crippen MR) is 106 cm³/mol. The summed E-state index contributed by atoms with van der Waals surface area (Å²) in [4.78, 5) is 17.5. The van der Waals surface area contributed by atoms with Crippen molar-refractivity contribution in [2.75, 3.05) is 19.4 Å². The number of fused-ring (bicyclic) bond motifs is 3. The Hall–Kier alpha value is -2.62. The number of anilines is 1. The zero-order chi connectivity index (χ0) is 22.2. The third-order valence-corrected chi connectivity index (χ3v) is 6.91. The number of nitrogen functional groups attached to an aromatic ring is 1. The highest BCUT2D eigenvalue weighted by atomic mass is 19.4. The lowest BCUT2D eigenvalue weighted by Crippen LogP contribution is -2.51. The van der Waals surface area contributed by atoms with Crippen LogP contribution in [-0.2, 0) is 15.7 Å². The first-order valence-corrected chi connectivity index (χ1v) is 10.4. The van der Waals surface area contributed by atoms with Crippen LogP contribution in [0.4, 0.5) is 19.0 Å². The second-order valence-corrected chi connectivity index (χ2v) is 9.00. The number of amides is 1. The second kappa shape index (κ2) is 6.69. The van der Waals surface area contributed by atoms with Gasteiger partial charge in [-0.1, -0.05) is 0 Å². The molecular weight excluding hydrogens is 411 g/mol. The van der Waals surface area contributed by atoms with Gasteiger partial charge in [-0.25, -0.2) is 4.98 Å². The van der Waals surface area contributed by atoms with Crippen molar-refractivity contribution in [3.8, 4) is 11.3 Å². The average molecular weight is 435 g/mol. The Morgan fingerprint density at radius 1 is 1.29 bits per heavy atom. The molecule has 10 heteroatoms. The molecule has 0 aromatic carbocycles. The Bertz CT molecular complexity index is 1050. The van der Waals surface area contributed by atoms with Crippen LogP contribution >= 0.6 is 0 Å². The number of nitrogens with two attached hydrogens (primary N) is 1. The fraction of sp³-hybridized carbons (Fsp3) is 0.571. The highest BCUT2D eigenvalue weighted by Gasteiger charge is 2.66. The van der Waals surface area contributed by atoms with Crippen molar-refractivity contribution >= 4 is 11.7 Å². The minimum atomic E-state index is -4.58. The molecule has 31 heavy (non-hydrogen) atoms. The number of nitrogens with zero attached hydrogens (tertiary/aromatic N) is 4. The summed E-state index contributed by atoms with van der Waals surface area (Å²) in [6.45, 7) is 4.08. The largest absolute Gasteiger partial charge is 0.419 e. The van der Waals surface area contributed by atoms with Gasteiger partial charge in [0, 0.05) is 36.5 Å². The number of aromatic nitrogens is 3. The van der Waals surface area contributed by atoms with E-state index >= 15 is 0 Å². The molecule has 3 fully saturated rings. The zero-order valence-corrected chi connectivity index (χ0v) is 17.4. The lowest BCUT2D eigenvalue weighted by molar-refractivity contribution is -0.154. The van der Waals surface area contributed by atoms with Crippen LogP contribution in [0.5, 0.6) is 0 Å². The Kier molecular flexibility index (Phi) is 4.38. The Morgan fingerprint density at radius 2 is 2.03 bits per heavy atom. The molecule has 5 rings (SSSR count). The van der Waals surface area contributed by atoms with E-state index in [1.54, 1.807) is 4.90 Å². The van der Waals surface area contributed by atoms with Gasteiger partial charge in [-0.15, -0.1) is 0 Å². The summed E-state index contributed by atoms with van der Waals surface area (Å²) in [6.07, 6.45) is -2.40. The van der Waals surface area contributed by atoms with E-state index in [0.717, 1.165) is 18.2 Å². The lowest BCUT2D eigenvalue weighted by Gasteiger charge is -2.37. The maximum Gasteiger partial charge on any atom is 0.419 e. The van der Waals surface area contributed by atoms with Gasteiger partial charge in [-0.2, -0.15) is 18.3 Å². The summed E-state index contributed by atoms with van der Waals surface area (Å²) in [5.74, 6) is 0.342. The van der Waals surface area contributed by atoms with Crippen LogP contribution in [0.15, 0.2) is 18.3 Å². The van der Waals surface area contributed by atoms with Gasteiger partial charge in [0.2, 0.25) is 5.91 Å². The van der Waals surface area contributed by atoms with Gasteiger partial charge in [0.25, 0.3) is 0 Å². The van der Waals surface area contributed by atoms with Gasteiger partial charge in [0.1, 0.15) is 12.4 Å². The summed E-state index contributed by atoms with van der Waals surface area (Å²) in [7, 11) is 1.82. The zero-order valence-electron chi connectivity index (χ0n) is 17.4. The first-order valence-electron chi connectivity index (χ1n) is 10.4. The number of morpholine rings is 1. The molecule has 1 amide bonds. The Morgan fingerprint density at radius 3 is 2.71 bits per heavy atom. The first kappa shape index (κ1) is 20.3. The summed E-state index contributed by atoms with van der Waals surface area (Å²) in [5, 5.41) is 4.62. The number of halogens is 3. The Balaban J connectivity index is 1.47. The number of carbonyl (C=O) groups excluding carboxylic acids is 1. The number of rotatable bonds is 3. The lowest BCUT2D eigenvalue weighted by atomic mass is 9.99. The smallest absolute Gasteiger partial charge is 0.383 e. The van der Waals surface area contributed by atoms with E-state index in [0.29, 0.717) is 11.6 Å². The van der Waals surface area contributed by atoms with Crippen LogP contribution in [0.25, 0.3) is 11.3 Å². The van der Waals surface area contributed by atoms with Crippen molar-refractivity contribution in [1.82, 2.24) is 19.7 Å². The Labute approximate surface area is 177 Å². The number of alkyl halides is 3. The molecule has 2 N–H and O–H groups in total. The van der Waals surface area contributed by atoms with Gasteiger partial charge in [-0.3, -0.25) is 9.48 Å². The topological polar surface area (TPSA) is 86.3 Å². The summed E-state index contributed by atoms with van der Waals surface area (Å²) >= 11 is 0. The molecule has 0 radical (unpaired) electrons. The quantitative estimate of drug-likeness (QED) is 0.801. The van der Waals surface area contributed by atoms with E-state index in [2.05, 4.69) is 10.1 Å². The van der Waals surface area contributed by atoms with Crippen molar-refractivity contribution in [2.24, 2.45) is 11.8 Å². The van der Waals surface area contributed by atoms with Crippen LogP contribution < -0.4 is 5.73 Å². The van der Waals surface area contributed by atoms with Crippen LogP contribution in [0.2, 0.25) is 0 Å². The molecule has 3 heterocycles. The number of ether oxygens (including phenoxy) is 1.